The Morgan fingerprint density at radius 1 is 1.24 bits per heavy atom. The molecule has 0 atom stereocenters. The summed E-state index contributed by atoms with van der Waals surface area (Å²) in [4.78, 5) is 14.2. The van der Waals surface area contributed by atoms with Crippen molar-refractivity contribution in [1.29, 1.82) is 5.26 Å². The van der Waals surface area contributed by atoms with Crippen LogP contribution in [0.25, 0.3) is 16.7 Å². The summed E-state index contributed by atoms with van der Waals surface area (Å²) in [7, 11) is 0. The fraction of sp³-hybridized carbons (Fsp3) is 0.308. The predicted molar refractivity (Wildman–Crippen MR) is 136 cm³/mol. The van der Waals surface area contributed by atoms with Gasteiger partial charge < -0.3 is 9.30 Å². The van der Waals surface area contributed by atoms with E-state index in [2.05, 4.69) is 10.6 Å². The summed E-state index contributed by atoms with van der Waals surface area (Å²) in [5.74, 6) is -0.262. The predicted octanol–water partition coefficient (Wildman–Crippen LogP) is 7.58. The van der Waals surface area contributed by atoms with Gasteiger partial charge >= 0.3 is 5.97 Å². The van der Waals surface area contributed by atoms with E-state index in [-0.39, 0.29) is 5.97 Å². The van der Waals surface area contributed by atoms with Crippen molar-refractivity contribution in [3.05, 3.63) is 72.8 Å². The zero-order valence-electron chi connectivity index (χ0n) is 18.8. The Morgan fingerprint density at radius 3 is 2.70 bits per heavy atom. The number of aryl methyl sites for hydroxylation is 2. The van der Waals surface area contributed by atoms with E-state index in [0.717, 1.165) is 53.2 Å². The number of aromatic nitrogens is 1. The average Bonchev–Trinajstić information content (AvgIpc) is 3.28. The van der Waals surface area contributed by atoms with Crippen molar-refractivity contribution in [1.82, 2.24) is 4.57 Å². The highest BCUT2D eigenvalue weighted by atomic mass is 35.5. The molecule has 0 radical (unpaired) electrons. The van der Waals surface area contributed by atoms with Gasteiger partial charge in [-0.25, -0.2) is 4.79 Å². The molecule has 0 N–H and O–H groups in total. The third-order valence-electron chi connectivity index (χ3n) is 5.95. The molecule has 0 amide bonds. The lowest BCUT2D eigenvalue weighted by Gasteiger charge is -2.13. The molecule has 1 aliphatic carbocycles. The van der Waals surface area contributed by atoms with Gasteiger partial charge in [0, 0.05) is 26.9 Å². The maximum atomic E-state index is 13.0. The lowest BCUT2D eigenvalue weighted by molar-refractivity contribution is 0.0525. The smallest absolute Gasteiger partial charge is 0.341 e. The van der Waals surface area contributed by atoms with E-state index in [1.165, 1.54) is 4.88 Å². The number of rotatable bonds is 5. The van der Waals surface area contributed by atoms with Gasteiger partial charge in [-0.05, 0) is 81.9 Å². The molecule has 0 bridgehead atoms. The van der Waals surface area contributed by atoms with Gasteiger partial charge in [-0.1, -0.05) is 29.3 Å². The first-order valence-electron chi connectivity index (χ1n) is 10.9. The number of fused-ring (bicyclic) bond motifs is 1. The molecule has 0 unspecified atom stereocenters. The molecule has 2 heterocycles. The molecule has 2 aromatic heterocycles. The number of carbonyl (C=O) groups is 1. The molecule has 1 aliphatic rings. The molecular formula is C26H24Cl2N2O2S. The highest BCUT2D eigenvalue weighted by Crippen LogP contribution is 2.39. The van der Waals surface area contributed by atoms with Gasteiger partial charge in [-0.2, -0.15) is 5.26 Å². The van der Waals surface area contributed by atoms with Gasteiger partial charge in [0.05, 0.1) is 28.8 Å². The summed E-state index contributed by atoms with van der Waals surface area (Å²) >= 11 is 14.1. The monoisotopic (exact) mass is 498 g/mol. The van der Waals surface area contributed by atoms with Crippen LogP contribution in [-0.2, 0) is 17.6 Å². The minimum absolute atomic E-state index is 0.262. The molecule has 1 aromatic carbocycles. The van der Waals surface area contributed by atoms with Gasteiger partial charge in [-0.3, -0.25) is 0 Å². The Bertz CT molecular complexity index is 1310. The number of ether oxygens (including phenoxy) is 1. The van der Waals surface area contributed by atoms with Crippen LogP contribution in [0.3, 0.4) is 0 Å². The van der Waals surface area contributed by atoms with Crippen LogP contribution in [0, 0.1) is 25.2 Å². The largest absolute Gasteiger partial charge is 0.462 e. The second kappa shape index (κ2) is 9.77. The third-order valence-corrected chi connectivity index (χ3v) is 7.77. The lowest BCUT2D eigenvalue weighted by atomic mass is 9.95. The van der Waals surface area contributed by atoms with E-state index in [1.807, 2.05) is 32.9 Å². The van der Waals surface area contributed by atoms with Crippen molar-refractivity contribution in [2.75, 3.05) is 6.61 Å². The number of hydrogen-bond acceptors (Lipinski definition) is 4. The third kappa shape index (κ3) is 4.48. The standard InChI is InChI=1S/C26H24Cl2N2O2S/c1-4-32-26(31)24-21-7-5-6-8-23(21)33-25(24)30-15(2)11-17(16(30)3)12-18(14-29)20-10-9-19(27)13-22(20)28/h9-13H,4-8H2,1-3H3/b18-12+. The van der Waals surface area contributed by atoms with Gasteiger partial charge in [0.15, 0.2) is 0 Å². The summed E-state index contributed by atoms with van der Waals surface area (Å²) in [5.41, 5.74) is 5.75. The molecule has 170 valence electrons. The second-order valence-electron chi connectivity index (χ2n) is 8.07. The molecule has 4 rings (SSSR count). The van der Waals surface area contributed by atoms with E-state index in [0.29, 0.717) is 33.4 Å². The molecule has 4 nitrogen and oxygen atoms in total. The highest BCUT2D eigenvalue weighted by Gasteiger charge is 2.28. The first-order valence-corrected chi connectivity index (χ1v) is 12.5. The zero-order chi connectivity index (χ0) is 23.7. The minimum Gasteiger partial charge on any atom is -0.462 e. The molecule has 7 heteroatoms. The summed E-state index contributed by atoms with van der Waals surface area (Å²) < 4.78 is 7.55. The van der Waals surface area contributed by atoms with Crippen molar-refractivity contribution in [2.45, 2.75) is 46.5 Å². The molecule has 0 aliphatic heterocycles. The summed E-state index contributed by atoms with van der Waals surface area (Å²) in [6.45, 7) is 6.19. The normalized spacial score (nSPS) is 13.5. The Balaban J connectivity index is 1.85. The number of nitriles is 1. The van der Waals surface area contributed by atoms with E-state index < -0.39 is 0 Å². The summed E-state index contributed by atoms with van der Waals surface area (Å²) in [6, 6.07) is 9.40. The zero-order valence-corrected chi connectivity index (χ0v) is 21.1. The summed E-state index contributed by atoms with van der Waals surface area (Å²) in [6.07, 6.45) is 5.96. The topological polar surface area (TPSA) is 55.0 Å². The molecule has 3 aromatic rings. The van der Waals surface area contributed by atoms with Crippen LogP contribution >= 0.6 is 34.5 Å². The number of allylic oxidation sites excluding steroid dienone is 1. The Morgan fingerprint density at radius 2 is 2.00 bits per heavy atom. The van der Waals surface area contributed by atoms with Crippen LogP contribution in [0.15, 0.2) is 24.3 Å². The maximum Gasteiger partial charge on any atom is 0.341 e. The average molecular weight is 499 g/mol. The summed E-state index contributed by atoms with van der Waals surface area (Å²) in [5, 5.41) is 11.7. The van der Waals surface area contributed by atoms with E-state index in [4.69, 9.17) is 27.9 Å². The van der Waals surface area contributed by atoms with Gasteiger partial charge in [0.2, 0.25) is 0 Å². The highest BCUT2D eigenvalue weighted by molar-refractivity contribution is 7.15. The van der Waals surface area contributed by atoms with Crippen molar-refractivity contribution < 1.29 is 9.53 Å². The van der Waals surface area contributed by atoms with Gasteiger partial charge in [-0.15, -0.1) is 11.3 Å². The van der Waals surface area contributed by atoms with Crippen LogP contribution < -0.4 is 0 Å². The molecule has 0 spiro atoms. The van der Waals surface area contributed by atoms with Crippen LogP contribution in [0.5, 0.6) is 0 Å². The van der Waals surface area contributed by atoms with Crippen LogP contribution in [0.2, 0.25) is 10.0 Å². The fourth-order valence-corrected chi connectivity index (χ4v) is 6.40. The number of carbonyl (C=O) groups excluding carboxylic acids is 1. The Labute approximate surface area is 208 Å². The SMILES string of the molecule is CCOC(=O)c1c(-n2c(C)cc(/C=C(\C#N)c3ccc(Cl)cc3Cl)c2C)sc2c1CCCC2. The minimum atomic E-state index is -0.262. The van der Waals surface area contributed by atoms with Crippen LogP contribution in [-0.4, -0.2) is 17.1 Å². The number of hydrogen-bond donors (Lipinski definition) is 0. The molecule has 0 saturated carbocycles. The maximum absolute atomic E-state index is 13.0. The second-order valence-corrected chi connectivity index (χ2v) is 9.99. The number of halogens is 2. The molecule has 0 saturated heterocycles. The number of esters is 1. The van der Waals surface area contributed by atoms with E-state index in [1.54, 1.807) is 29.5 Å². The Kier molecular flexibility index (Phi) is 6.99. The first-order chi connectivity index (χ1) is 15.8. The quantitative estimate of drug-likeness (QED) is 0.269. The van der Waals surface area contributed by atoms with E-state index in [9.17, 15) is 10.1 Å². The van der Waals surface area contributed by atoms with Crippen molar-refractivity contribution >= 4 is 52.2 Å². The number of nitrogens with zero attached hydrogens (tertiary/aromatic N) is 2. The number of thiophene rings is 1. The van der Waals surface area contributed by atoms with Crippen molar-refractivity contribution in [3.8, 4) is 11.1 Å². The fourth-order valence-electron chi connectivity index (χ4n) is 4.40. The Hall–Kier alpha value is -2.52. The number of benzene rings is 1. The first kappa shape index (κ1) is 23.6. The molecular weight excluding hydrogens is 475 g/mol. The van der Waals surface area contributed by atoms with Gasteiger partial charge in [0.25, 0.3) is 0 Å². The van der Waals surface area contributed by atoms with Gasteiger partial charge in [0.1, 0.15) is 5.00 Å². The van der Waals surface area contributed by atoms with Crippen molar-refractivity contribution in [2.24, 2.45) is 0 Å². The molecule has 33 heavy (non-hydrogen) atoms. The van der Waals surface area contributed by atoms with Crippen LogP contribution in [0.1, 0.15) is 63.1 Å². The molecule has 0 fully saturated rings. The van der Waals surface area contributed by atoms with Crippen LogP contribution in [0.4, 0.5) is 0 Å². The van der Waals surface area contributed by atoms with E-state index >= 15 is 0 Å². The lowest BCUT2D eigenvalue weighted by Crippen LogP contribution is -2.12. The van der Waals surface area contributed by atoms with Crippen molar-refractivity contribution in [3.63, 3.8) is 0 Å².